The number of aromatic nitrogens is 2. The Kier molecular flexibility index (Phi) is 6.55. The van der Waals surface area contributed by atoms with E-state index in [1.54, 1.807) is 22.9 Å². The molecule has 0 radical (unpaired) electrons. The number of ether oxygens (including phenoxy) is 1. The van der Waals surface area contributed by atoms with E-state index in [1.807, 2.05) is 13.0 Å². The number of carbonyl (C=O) groups excluding carboxylic acids is 1. The van der Waals surface area contributed by atoms with Crippen molar-refractivity contribution in [1.82, 2.24) is 15.1 Å². The molecule has 0 aliphatic heterocycles. The van der Waals surface area contributed by atoms with Gasteiger partial charge in [-0.25, -0.2) is 9.48 Å². The summed E-state index contributed by atoms with van der Waals surface area (Å²) >= 11 is 6.01. The zero-order chi connectivity index (χ0) is 18.4. The van der Waals surface area contributed by atoms with Gasteiger partial charge in [0.1, 0.15) is 6.04 Å². The van der Waals surface area contributed by atoms with Crippen molar-refractivity contribution in [1.29, 1.82) is 0 Å². The van der Waals surface area contributed by atoms with E-state index in [2.05, 4.69) is 10.4 Å². The first-order valence-electron chi connectivity index (χ1n) is 7.83. The zero-order valence-electron chi connectivity index (χ0n) is 14.0. The lowest BCUT2D eigenvalue weighted by Gasteiger charge is -2.14. The largest absolute Gasteiger partial charge is 0.480 e. The Labute approximate surface area is 150 Å². The number of carboxylic acids is 1. The zero-order valence-corrected chi connectivity index (χ0v) is 14.8. The Bertz CT molecular complexity index is 760. The summed E-state index contributed by atoms with van der Waals surface area (Å²) in [7, 11) is 1.48. The van der Waals surface area contributed by atoms with Crippen LogP contribution >= 0.6 is 11.6 Å². The van der Waals surface area contributed by atoms with Crippen molar-refractivity contribution in [2.75, 3.05) is 13.7 Å². The van der Waals surface area contributed by atoms with Crippen LogP contribution in [0.1, 0.15) is 29.4 Å². The Balaban J connectivity index is 2.27. The molecule has 1 heterocycles. The molecule has 0 aliphatic rings. The van der Waals surface area contributed by atoms with Crippen molar-refractivity contribution in [3.05, 3.63) is 46.7 Å². The first kappa shape index (κ1) is 19.0. The van der Waals surface area contributed by atoms with Crippen LogP contribution in [-0.4, -0.2) is 46.5 Å². The number of hydrogen-bond acceptors (Lipinski definition) is 4. The lowest BCUT2D eigenvalue weighted by Crippen LogP contribution is -2.41. The van der Waals surface area contributed by atoms with Gasteiger partial charge in [0.15, 0.2) is 0 Å². The number of nitrogens with one attached hydrogen (secondary N) is 1. The van der Waals surface area contributed by atoms with Gasteiger partial charge in [0.2, 0.25) is 0 Å². The number of hydrogen-bond donors (Lipinski definition) is 2. The van der Waals surface area contributed by atoms with E-state index in [4.69, 9.17) is 16.3 Å². The molecule has 1 aromatic carbocycles. The quantitative estimate of drug-likeness (QED) is 0.748. The predicted molar refractivity (Wildman–Crippen MR) is 93.3 cm³/mol. The molecule has 0 spiro atoms. The minimum absolute atomic E-state index is 0.182. The highest BCUT2D eigenvalue weighted by molar-refractivity contribution is 6.30. The van der Waals surface area contributed by atoms with E-state index in [0.717, 1.165) is 5.69 Å². The fourth-order valence-electron chi connectivity index (χ4n) is 2.46. The Morgan fingerprint density at radius 3 is 2.80 bits per heavy atom. The van der Waals surface area contributed by atoms with Gasteiger partial charge in [-0.15, -0.1) is 0 Å². The number of nitrogens with zero attached hydrogens (tertiary/aromatic N) is 2. The molecule has 0 saturated heterocycles. The van der Waals surface area contributed by atoms with Crippen LogP contribution in [0, 0.1) is 0 Å². The lowest BCUT2D eigenvalue weighted by atomic mass is 10.1. The van der Waals surface area contributed by atoms with Crippen molar-refractivity contribution >= 4 is 23.5 Å². The summed E-state index contributed by atoms with van der Waals surface area (Å²) in [6.45, 7) is 2.13. The third kappa shape index (κ3) is 4.58. The normalized spacial score (nSPS) is 12.0. The maximum atomic E-state index is 12.5. The molecule has 1 aromatic heterocycles. The van der Waals surface area contributed by atoms with Gasteiger partial charge < -0.3 is 15.2 Å². The molecule has 1 unspecified atom stereocenters. The minimum Gasteiger partial charge on any atom is -0.480 e. The molecule has 2 aromatic rings. The number of methoxy groups -OCH3 is 1. The SMILES string of the molecule is CCc1c(C(=O)NC(CCOC)C(=O)O)cnn1-c1cccc(Cl)c1. The van der Waals surface area contributed by atoms with Gasteiger partial charge in [0.25, 0.3) is 5.91 Å². The molecule has 1 atom stereocenters. The molecule has 0 saturated carbocycles. The molecule has 2 rings (SSSR count). The van der Waals surface area contributed by atoms with E-state index >= 15 is 0 Å². The van der Waals surface area contributed by atoms with Crippen LogP contribution in [0.5, 0.6) is 0 Å². The van der Waals surface area contributed by atoms with E-state index in [0.29, 0.717) is 22.7 Å². The second kappa shape index (κ2) is 8.64. The predicted octanol–water partition coefficient (Wildman–Crippen LogP) is 2.31. The van der Waals surface area contributed by atoms with Gasteiger partial charge >= 0.3 is 5.97 Å². The average Bonchev–Trinajstić information content (AvgIpc) is 3.02. The first-order valence-corrected chi connectivity index (χ1v) is 8.21. The molecule has 8 heteroatoms. The number of aliphatic carboxylic acids is 1. The summed E-state index contributed by atoms with van der Waals surface area (Å²) in [4.78, 5) is 23.8. The highest BCUT2D eigenvalue weighted by Crippen LogP contribution is 2.19. The smallest absolute Gasteiger partial charge is 0.326 e. The van der Waals surface area contributed by atoms with Crippen molar-refractivity contribution in [3.8, 4) is 5.69 Å². The lowest BCUT2D eigenvalue weighted by molar-refractivity contribution is -0.139. The van der Waals surface area contributed by atoms with Crippen molar-refractivity contribution in [2.45, 2.75) is 25.8 Å². The maximum Gasteiger partial charge on any atom is 0.326 e. The summed E-state index contributed by atoms with van der Waals surface area (Å²) in [5.74, 6) is -1.58. The van der Waals surface area contributed by atoms with Gasteiger partial charge in [-0.1, -0.05) is 24.6 Å². The van der Waals surface area contributed by atoms with E-state index in [-0.39, 0.29) is 13.0 Å². The van der Waals surface area contributed by atoms with E-state index in [1.165, 1.54) is 13.3 Å². The topological polar surface area (TPSA) is 93.4 Å². The fourth-order valence-corrected chi connectivity index (χ4v) is 2.65. The summed E-state index contributed by atoms with van der Waals surface area (Å²) in [5.41, 5.74) is 1.75. The first-order chi connectivity index (χ1) is 12.0. The summed E-state index contributed by atoms with van der Waals surface area (Å²) in [6.07, 6.45) is 2.16. The standard InChI is InChI=1S/C17H20ClN3O4/c1-3-15-13(16(22)20-14(17(23)24)7-8-25-2)10-19-21(15)12-6-4-5-11(18)9-12/h4-6,9-10,14H,3,7-8H2,1-2H3,(H,20,22)(H,23,24). The summed E-state index contributed by atoms with van der Waals surface area (Å²) < 4.78 is 6.51. The second-order valence-corrected chi connectivity index (χ2v) is 5.83. The molecule has 0 fully saturated rings. The van der Waals surface area contributed by atoms with Crippen LogP contribution in [0.25, 0.3) is 5.69 Å². The molecular weight excluding hydrogens is 346 g/mol. The summed E-state index contributed by atoms with van der Waals surface area (Å²) in [6, 6.07) is 6.10. The molecule has 7 nitrogen and oxygen atoms in total. The second-order valence-electron chi connectivity index (χ2n) is 5.40. The van der Waals surface area contributed by atoms with Crippen molar-refractivity contribution in [2.24, 2.45) is 0 Å². The van der Waals surface area contributed by atoms with Crippen LogP contribution in [0.3, 0.4) is 0 Å². The Hall–Kier alpha value is -2.38. The van der Waals surface area contributed by atoms with Crippen molar-refractivity contribution in [3.63, 3.8) is 0 Å². The van der Waals surface area contributed by atoms with Crippen LogP contribution in [0.2, 0.25) is 5.02 Å². The number of benzene rings is 1. The molecular formula is C17H20ClN3O4. The number of carboxylic acid groups (broad SMARTS) is 1. The Morgan fingerprint density at radius 1 is 1.44 bits per heavy atom. The average molecular weight is 366 g/mol. The third-order valence-corrected chi connectivity index (χ3v) is 3.95. The molecule has 25 heavy (non-hydrogen) atoms. The number of amides is 1. The molecule has 0 aliphatic carbocycles. The van der Waals surface area contributed by atoms with E-state index in [9.17, 15) is 14.7 Å². The Morgan fingerprint density at radius 2 is 2.20 bits per heavy atom. The van der Waals surface area contributed by atoms with Crippen LogP contribution in [-0.2, 0) is 16.0 Å². The summed E-state index contributed by atoms with van der Waals surface area (Å²) in [5, 5.41) is 16.6. The van der Waals surface area contributed by atoms with Gasteiger partial charge in [-0.2, -0.15) is 5.10 Å². The number of halogens is 1. The number of rotatable bonds is 8. The van der Waals surface area contributed by atoms with E-state index < -0.39 is 17.9 Å². The highest BCUT2D eigenvalue weighted by atomic mass is 35.5. The monoisotopic (exact) mass is 365 g/mol. The molecule has 1 amide bonds. The maximum absolute atomic E-state index is 12.5. The highest BCUT2D eigenvalue weighted by Gasteiger charge is 2.23. The number of carbonyl (C=O) groups is 2. The molecule has 134 valence electrons. The van der Waals surface area contributed by atoms with Crippen LogP contribution in [0.15, 0.2) is 30.5 Å². The molecule has 0 bridgehead atoms. The minimum atomic E-state index is -1.11. The van der Waals surface area contributed by atoms with Gasteiger partial charge in [0.05, 0.1) is 23.1 Å². The van der Waals surface area contributed by atoms with Gasteiger partial charge in [0, 0.05) is 25.2 Å². The van der Waals surface area contributed by atoms with Crippen molar-refractivity contribution < 1.29 is 19.4 Å². The van der Waals surface area contributed by atoms with Gasteiger partial charge in [-0.05, 0) is 24.6 Å². The van der Waals surface area contributed by atoms with Gasteiger partial charge in [-0.3, -0.25) is 4.79 Å². The third-order valence-electron chi connectivity index (χ3n) is 3.72. The fraction of sp³-hybridized carbons (Fsp3) is 0.353. The van der Waals surface area contributed by atoms with Crippen LogP contribution < -0.4 is 5.32 Å². The van der Waals surface area contributed by atoms with Crippen LogP contribution in [0.4, 0.5) is 0 Å². The molecule has 2 N–H and O–H groups in total.